The van der Waals surface area contributed by atoms with Crippen LogP contribution >= 0.6 is 0 Å². The van der Waals surface area contributed by atoms with Crippen molar-refractivity contribution in [3.8, 4) is 0 Å². The first kappa shape index (κ1) is 5.08. The lowest BCUT2D eigenvalue weighted by atomic mass is 10.7. The van der Waals surface area contributed by atoms with E-state index in [9.17, 15) is 0 Å². The van der Waals surface area contributed by atoms with Gasteiger partial charge in [-0.15, -0.1) is 10.2 Å². The molecule has 4 nitrogen and oxygen atoms in total. The minimum atomic E-state index is 0.113. The quantitative estimate of drug-likeness (QED) is 0.438. The van der Waals surface area contributed by atoms with Gasteiger partial charge in [0.1, 0.15) is 0 Å². The van der Waals surface area contributed by atoms with Crippen LogP contribution in [0.3, 0.4) is 0 Å². The van der Waals surface area contributed by atoms with E-state index in [4.69, 9.17) is 19.7 Å². The summed E-state index contributed by atoms with van der Waals surface area (Å²) in [5, 5.41) is 6.71. The van der Waals surface area contributed by atoms with E-state index < -0.39 is 0 Å². The average Bonchev–Trinajstić information content (AvgIpc) is 1.98. The van der Waals surface area contributed by atoms with Crippen LogP contribution in [0.1, 0.15) is 11.6 Å². The molecule has 0 aliphatic rings. The van der Waals surface area contributed by atoms with Crippen molar-refractivity contribution in [1.29, 1.82) is 0 Å². The van der Waals surface area contributed by atoms with Crippen molar-refractivity contribution in [3.05, 3.63) is 25.5 Å². The Bertz CT molecular complexity index is 170. The lowest BCUT2D eigenvalue weighted by Gasteiger charge is -1.90. The van der Waals surface area contributed by atoms with E-state index in [-0.39, 0.29) is 11.6 Å². The molecule has 0 amide bonds. The summed E-state index contributed by atoms with van der Waals surface area (Å²) in [6, 6.07) is 0. The number of nitrogen functional groups attached to an aromatic ring is 1. The maximum atomic E-state index is 5.14. The van der Waals surface area contributed by atoms with Gasteiger partial charge in [-0.25, -0.2) is 4.68 Å². The van der Waals surface area contributed by atoms with Crippen LogP contribution in [0.15, 0.2) is 0 Å². The summed E-state index contributed by atoms with van der Waals surface area (Å²) in [6.07, 6.45) is 0. The summed E-state index contributed by atoms with van der Waals surface area (Å²) in [7, 11) is 0. The molecular weight excluding hydrogens is 104 g/mol. The van der Waals surface area contributed by atoms with Gasteiger partial charge in [-0.05, 0) is 0 Å². The number of hydrogen-bond acceptors (Lipinski definition) is 3. The maximum Gasteiger partial charge on any atom is 0.156 e. The minimum absolute atomic E-state index is 0.113. The number of hydrogen-bond donors (Lipinski definition) is 1. The first-order chi connectivity index (χ1) is 3.72. The van der Waals surface area contributed by atoms with Crippen LogP contribution in [0, 0.1) is 13.8 Å². The van der Waals surface area contributed by atoms with Gasteiger partial charge >= 0.3 is 0 Å². The van der Waals surface area contributed by atoms with Crippen molar-refractivity contribution >= 4 is 0 Å². The number of nitrogens with two attached hydrogens (primary N) is 1. The SMILES string of the molecule is [CH]c1nnc([CH])n1N. The Kier molecular flexibility index (Phi) is 0.932. The Morgan fingerprint density at radius 2 is 1.62 bits per heavy atom. The monoisotopic (exact) mass is 108 g/mol. The summed E-state index contributed by atoms with van der Waals surface area (Å²) >= 11 is 0. The molecule has 4 heteroatoms. The highest BCUT2D eigenvalue weighted by molar-refractivity contribution is 5.00. The maximum absolute atomic E-state index is 5.14. The van der Waals surface area contributed by atoms with Gasteiger partial charge in [-0.3, -0.25) is 0 Å². The molecule has 0 aliphatic carbocycles. The number of aromatic nitrogens is 3. The van der Waals surface area contributed by atoms with E-state index in [2.05, 4.69) is 10.2 Å². The van der Waals surface area contributed by atoms with Crippen molar-refractivity contribution in [3.63, 3.8) is 0 Å². The van der Waals surface area contributed by atoms with Crippen molar-refractivity contribution in [2.24, 2.45) is 0 Å². The Morgan fingerprint density at radius 3 is 1.75 bits per heavy atom. The Morgan fingerprint density at radius 1 is 1.25 bits per heavy atom. The highest BCUT2D eigenvalue weighted by Gasteiger charge is 1.96. The van der Waals surface area contributed by atoms with Gasteiger partial charge in [0.05, 0.1) is 0 Å². The van der Waals surface area contributed by atoms with Gasteiger partial charge in [0.15, 0.2) is 11.6 Å². The molecule has 0 saturated carbocycles. The van der Waals surface area contributed by atoms with Crippen LogP contribution in [0.4, 0.5) is 0 Å². The Labute approximate surface area is 47.3 Å². The molecule has 1 aromatic rings. The summed E-state index contributed by atoms with van der Waals surface area (Å²) < 4.78 is 1.00. The van der Waals surface area contributed by atoms with Crippen molar-refractivity contribution in [2.45, 2.75) is 0 Å². The van der Waals surface area contributed by atoms with E-state index in [1.165, 1.54) is 0 Å². The second-order valence-electron chi connectivity index (χ2n) is 1.29. The number of nitrogens with zero attached hydrogens (tertiary/aromatic N) is 3. The molecule has 8 heavy (non-hydrogen) atoms. The third-order valence-corrected chi connectivity index (χ3v) is 0.749. The van der Waals surface area contributed by atoms with Crippen molar-refractivity contribution in [2.75, 3.05) is 5.84 Å². The third kappa shape index (κ3) is 0.538. The van der Waals surface area contributed by atoms with E-state index in [1.807, 2.05) is 0 Å². The summed E-state index contributed by atoms with van der Waals surface area (Å²) in [5.41, 5.74) is 0. The summed E-state index contributed by atoms with van der Waals surface area (Å²) in [6.45, 7) is 10.2. The van der Waals surface area contributed by atoms with Crippen LogP contribution in [0.5, 0.6) is 0 Å². The Hall–Kier alpha value is -1.06. The van der Waals surface area contributed by atoms with Gasteiger partial charge in [0.2, 0.25) is 0 Å². The molecule has 0 spiro atoms. The van der Waals surface area contributed by atoms with Crippen LogP contribution < -0.4 is 5.84 Å². The van der Waals surface area contributed by atoms with E-state index in [0.717, 1.165) is 4.68 Å². The molecule has 2 N–H and O–H groups in total. The lowest BCUT2D eigenvalue weighted by molar-refractivity contribution is 0.939. The molecule has 0 aromatic carbocycles. The van der Waals surface area contributed by atoms with Crippen molar-refractivity contribution in [1.82, 2.24) is 14.9 Å². The molecule has 0 unspecified atom stereocenters. The van der Waals surface area contributed by atoms with Gasteiger partial charge in [0, 0.05) is 13.8 Å². The van der Waals surface area contributed by atoms with Crippen LogP contribution in [-0.2, 0) is 0 Å². The van der Waals surface area contributed by atoms with Crippen LogP contribution in [0.2, 0.25) is 0 Å². The second-order valence-corrected chi connectivity index (χ2v) is 1.29. The van der Waals surface area contributed by atoms with Crippen LogP contribution in [0.25, 0.3) is 0 Å². The second kappa shape index (κ2) is 1.47. The normalized spacial score (nSPS) is 9.75. The molecule has 0 bridgehead atoms. The molecule has 1 heterocycles. The largest absolute Gasteiger partial charge is 0.336 e. The molecule has 1 rings (SSSR count). The summed E-state index contributed by atoms with van der Waals surface area (Å²) in [5.74, 6) is 5.37. The average molecular weight is 108 g/mol. The van der Waals surface area contributed by atoms with Gasteiger partial charge in [-0.2, -0.15) is 0 Å². The fraction of sp³-hybridized carbons (Fsp3) is 0. The molecule has 0 saturated heterocycles. The van der Waals surface area contributed by atoms with Gasteiger partial charge < -0.3 is 5.84 Å². The predicted molar refractivity (Wildman–Crippen MR) is 27.0 cm³/mol. The first-order valence-corrected chi connectivity index (χ1v) is 1.93. The Balaban J connectivity index is 3.19. The van der Waals surface area contributed by atoms with Crippen LogP contribution in [-0.4, -0.2) is 14.9 Å². The van der Waals surface area contributed by atoms with E-state index >= 15 is 0 Å². The van der Waals surface area contributed by atoms with Crippen molar-refractivity contribution < 1.29 is 0 Å². The van der Waals surface area contributed by atoms with Gasteiger partial charge in [-0.1, -0.05) is 0 Å². The highest BCUT2D eigenvalue weighted by Crippen LogP contribution is 1.89. The van der Waals surface area contributed by atoms with E-state index in [0.29, 0.717) is 0 Å². The fourth-order valence-corrected chi connectivity index (χ4v) is 0.316. The topological polar surface area (TPSA) is 56.7 Å². The predicted octanol–water partition coefficient (Wildman–Crippen LogP) is -0.890. The zero-order valence-electron chi connectivity index (χ0n) is 4.07. The first-order valence-electron chi connectivity index (χ1n) is 1.93. The molecule has 0 aliphatic heterocycles. The molecule has 4 radical (unpaired) electrons. The smallest absolute Gasteiger partial charge is 0.156 e. The molecular formula is C4H4N4. The fourth-order valence-electron chi connectivity index (χ4n) is 0.316. The molecule has 0 fully saturated rings. The third-order valence-electron chi connectivity index (χ3n) is 0.749. The minimum Gasteiger partial charge on any atom is -0.336 e. The molecule has 0 atom stereocenters. The van der Waals surface area contributed by atoms with Gasteiger partial charge in [0.25, 0.3) is 0 Å². The molecule has 1 aromatic heterocycles. The standard InChI is InChI=1S/C4H4N4/c1-3-6-7-4(2)8(3)5/h1-2H,5H2. The van der Waals surface area contributed by atoms with E-state index in [1.54, 1.807) is 0 Å². The zero-order valence-corrected chi connectivity index (χ0v) is 4.07. The molecule has 40 valence electrons. The highest BCUT2D eigenvalue weighted by atomic mass is 15.4. The summed E-state index contributed by atoms with van der Waals surface area (Å²) in [4.78, 5) is 0. The lowest BCUT2D eigenvalue weighted by Crippen LogP contribution is -2.11. The zero-order chi connectivity index (χ0) is 6.15. The number of rotatable bonds is 0.